The van der Waals surface area contributed by atoms with Crippen molar-refractivity contribution >= 4 is 6.08 Å². The van der Waals surface area contributed by atoms with E-state index in [9.17, 15) is 0 Å². The average molecular weight is 202 g/mol. The molecule has 2 nitrogen and oxygen atoms in total. The smallest absolute Gasteiger partial charge is 0.0340 e. The molecule has 1 aliphatic heterocycles. The topological polar surface area (TPSA) is 16.1 Å². The minimum atomic E-state index is 0.748. The van der Waals surface area contributed by atoms with Crippen molar-refractivity contribution < 1.29 is 0 Å². The molecule has 1 fully saturated rings. The molecule has 0 saturated carbocycles. The Morgan fingerprint density at radius 3 is 3.20 bits per heavy atom. The fourth-order valence-electron chi connectivity index (χ4n) is 2.11. The van der Waals surface area contributed by atoms with Gasteiger partial charge in [-0.05, 0) is 44.5 Å². The van der Waals surface area contributed by atoms with Gasteiger partial charge < -0.3 is 4.90 Å². The van der Waals surface area contributed by atoms with Gasteiger partial charge in [-0.2, -0.15) is 0 Å². The standard InChI is InChI=1S/C13H18N2/c1-15-10-4-8-13(15)7-2-5-12-6-3-9-14-11-12/h2-3,5-6,9,11,13H,4,7-8,10H2,1H3/t13-/m0/s1. The van der Waals surface area contributed by atoms with Crippen LogP contribution < -0.4 is 0 Å². The van der Waals surface area contributed by atoms with Crippen LogP contribution in [0.15, 0.2) is 30.6 Å². The third kappa shape index (κ3) is 2.90. The van der Waals surface area contributed by atoms with Crippen molar-refractivity contribution in [3.8, 4) is 0 Å². The van der Waals surface area contributed by atoms with Crippen LogP contribution in [0.25, 0.3) is 6.08 Å². The van der Waals surface area contributed by atoms with Crippen LogP contribution in [0.5, 0.6) is 0 Å². The lowest BCUT2D eigenvalue weighted by molar-refractivity contribution is 0.313. The molecule has 0 aromatic carbocycles. The van der Waals surface area contributed by atoms with Crippen LogP contribution in [-0.2, 0) is 0 Å². The summed E-state index contributed by atoms with van der Waals surface area (Å²) in [7, 11) is 2.22. The van der Waals surface area contributed by atoms with E-state index in [1.807, 2.05) is 18.5 Å². The van der Waals surface area contributed by atoms with Crippen molar-refractivity contribution in [2.24, 2.45) is 0 Å². The molecule has 0 aliphatic carbocycles. The second-order valence-corrected chi connectivity index (χ2v) is 4.20. The summed E-state index contributed by atoms with van der Waals surface area (Å²) in [5.41, 5.74) is 1.19. The van der Waals surface area contributed by atoms with E-state index in [1.165, 1.54) is 24.9 Å². The molecule has 2 heterocycles. The van der Waals surface area contributed by atoms with Gasteiger partial charge in [-0.15, -0.1) is 0 Å². The lowest BCUT2D eigenvalue weighted by atomic mass is 10.1. The van der Waals surface area contributed by atoms with E-state index in [1.54, 1.807) is 0 Å². The highest BCUT2D eigenvalue weighted by Crippen LogP contribution is 2.18. The van der Waals surface area contributed by atoms with Crippen LogP contribution in [0.4, 0.5) is 0 Å². The maximum Gasteiger partial charge on any atom is 0.0340 e. The number of nitrogens with zero attached hydrogens (tertiary/aromatic N) is 2. The molecule has 2 rings (SSSR count). The Labute approximate surface area is 91.6 Å². The summed E-state index contributed by atoms with van der Waals surface area (Å²) in [5.74, 6) is 0. The molecule has 15 heavy (non-hydrogen) atoms. The van der Waals surface area contributed by atoms with E-state index < -0.39 is 0 Å². The molecule has 80 valence electrons. The second-order valence-electron chi connectivity index (χ2n) is 4.20. The van der Waals surface area contributed by atoms with E-state index in [0.717, 1.165) is 12.5 Å². The van der Waals surface area contributed by atoms with Gasteiger partial charge in [-0.1, -0.05) is 18.2 Å². The van der Waals surface area contributed by atoms with Crippen molar-refractivity contribution in [2.45, 2.75) is 25.3 Å². The molecule has 1 aliphatic rings. The lowest BCUT2D eigenvalue weighted by Gasteiger charge is -2.16. The van der Waals surface area contributed by atoms with Crippen molar-refractivity contribution in [3.05, 3.63) is 36.2 Å². The third-order valence-corrected chi connectivity index (χ3v) is 3.07. The monoisotopic (exact) mass is 202 g/mol. The zero-order valence-electron chi connectivity index (χ0n) is 9.26. The Morgan fingerprint density at radius 1 is 1.60 bits per heavy atom. The van der Waals surface area contributed by atoms with Gasteiger partial charge >= 0.3 is 0 Å². The first-order valence-electron chi connectivity index (χ1n) is 5.63. The van der Waals surface area contributed by atoms with Gasteiger partial charge in [0.2, 0.25) is 0 Å². The number of likely N-dealkylation sites (tertiary alicyclic amines) is 1. The molecule has 0 unspecified atom stereocenters. The highest BCUT2D eigenvalue weighted by atomic mass is 15.1. The number of hydrogen-bond acceptors (Lipinski definition) is 2. The zero-order valence-corrected chi connectivity index (χ0v) is 9.26. The fraction of sp³-hybridized carbons (Fsp3) is 0.462. The maximum atomic E-state index is 4.09. The first kappa shape index (κ1) is 10.4. The second kappa shape index (κ2) is 5.08. The highest BCUT2D eigenvalue weighted by Gasteiger charge is 2.18. The largest absolute Gasteiger partial charge is 0.303 e. The molecular weight excluding hydrogens is 184 g/mol. The van der Waals surface area contributed by atoms with Gasteiger partial charge in [0.25, 0.3) is 0 Å². The molecular formula is C13H18N2. The molecule has 1 atom stereocenters. The number of pyridine rings is 1. The summed E-state index contributed by atoms with van der Waals surface area (Å²) in [5, 5.41) is 0. The van der Waals surface area contributed by atoms with Gasteiger partial charge in [0.1, 0.15) is 0 Å². The number of aromatic nitrogens is 1. The van der Waals surface area contributed by atoms with Gasteiger partial charge in [0.05, 0.1) is 0 Å². The number of hydrogen-bond donors (Lipinski definition) is 0. The van der Waals surface area contributed by atoms with E-state index in [2.05, 4.69) is 35.1 Å². The fourth-order valence-corrected chi connectivity index (χ4v) is 2.11. The average Bonchev–Trinajstić information content (AvgIpc) is 2.66. The van der Waals surface area contributed by atoms with Crippen molar-refractivity contribution in [1.82, 2.24) is 9.88 Å². The van der Waals surface area contributed by atoms with Crippen molar-refractivity contribution in [2.75, 3.05) is 13.6 Å². The highest BCUT2D eigenvalue weighted by molar-refractivity contribution is 5.47. The Hall–Kier alpha value is -1.15. The quantitative estimate of drug-likeness (QED) is 0.749. The molecule has 0 amide bonds. The van der Waals surface area contributed by atoms with Crippen LogP contribution in [0.1, 0.15) is 24.8 Å². The summed E-state index contributed by atoms with van der Waals surface area (Å²) >= 11 is 0. The van der Waals surface area contributed by atoms with E-state index in [0.29, 0.717) is 0 Å². The molecule has 0 radical (unpaired) electrons. The van der Waals surface area contributed by atoms with Gasteiger partial charge in [0, 0.05) is 18.4 Å². The summed E-state index contributed by atoms with van der Waals surface area (Å²) in [6.45, 7) is 1.26. The SMILES string of the molecule is CN1CCC[C@@H]1CC=Cc1cccnc1. The van der Waals surface area contributed by atoms with Crippen LogP contribution in [0, 0.1) is 0 Å². The van der Waals surface area contributed by atoms with Crippen LogP contribution >= 0.6 is 0 Å². The van der Waals surface area contributed by atoms with Gasteiger partial charge in [0.15, 0.2) is 0 Å². The summed E-state index contributed by atoms with van der Waals surface area (Å²) in [4.78, 5) is 6.54. The Morgan fingerprint density at radius 2 is 2.53 bits per heavy atom. The maximum absolute atomic E-state index is 4.09. The van der Waals surface area contributed by atoms with E-state index in [4.69, 9.17) is 0 Å². The zero-order chi connectivity index (χ0) is 10.5. The predicted molar refractivity (Wildman–Crippen MR) is 63.5 cm³/mol. The molecule has 1 aromatic heterocycles. The Balaban J connectivity index is 1.85. The predicted octanol–water partition coefficient (Wildman–Crippen LogP) is 2.58. The first-order chi connectivity index (χ1) is 7.36. The van der Waals surface area contributed by atoms with E-state index in [-0.39, 0.29) is 0 Å². The summed E-state index contributed by atoms with van der Waals surface area (Å²) < 4.78 is 0. The molecule has 0 spiro atoms. The molecule has 1 aromatic rings. The van der Waals surface area contributed by atoms with Crippen LogP contribution in [0.2, 0.25) is 0 Å². The Kier molecular flexibility index (Phi) is 3.51. The minimum absolute atomic E-state index is 0.748. The van der Waals surface area contributed by atoms with Crippen LogP contribution in [0.3, 0.4) is 0 Å². The minimum Gasteiger partial charge on any atom is -0.303 e. The van der Waals surface area contributed by atoms with Gasteiger partial charge in [-0.25, -0.2) is 0 Å². The van der Waals surface area contributed by atoms with Crippen molar-refractivity contribution in [1.29, 1.82) is 0 Å². The molecule has 0 N–H and O–H groups in total. The third-order valence-electron chi connectivity index (χ3n) is 3.07. The molecule has 0 bridgehead atoms. The lowest BCUT2D eigenvalue weighted by Crippen LogP contribution is -2.23. The van der Waals surface area contributed by atoms with E-state index >= 15 is 0 Å². The summed E-state index contributed by atoms with van der Waals surface area (Å²) in [6.07, 6.45) is 12.0. The van der Waals surface area contributed by atoms with Crippen molar-refractivity contribution in [3.63, 3.8) is 0 Å². The Bertz CT molecular complexity index is 319. The molecule has 1 saturated heterocycles. The van der Waals surface area contributed by atoms with Gasteiger partial charge in [-0.3, -0.25) is 4.98 Å². The normalized spacial score (nSPS) is 22.6. The van der Waals surface area contributed by atoms with Crippen LogP contribution in [-0.4, -0.2) is 29.5 Å². The molecule has 2 heteroatoms. The first-order valence-corrected chi connectivity index (χ1v) is 5.63. The number of rotatable bonds is 3. The summed E-state index contributed by atoms with van der Waals surface area (Å²) in [6, 6.07) is 4.81.